The first-order valence-corrected chi connectivity index (χ1v) is 7.01. The molecule has 3 nitrogen and oxygen atoms in total. The highest BCUT2D eigenvalue weighted by molar-refractivity contribution is 5.29. The van der Waals surface area contributed by atoms with Crippen molar-refractivity contribution in [2.75, 3.05) is 13.7 Å². The van der Waals surface area contributed by atoms with Gasteiger partial charge >= 0.3 is 0 Å². The monoisotopic (exact) mass is 270 g/mol. The molecule has 1 N–H and O–H groups in total. The number of rotatable bonds is 6. The van der Waals surface area contributed by atoms with Crippen molar-refractivity contribution in [3.05, 3.63) is 59.4 Å². The zero-order valence-corrected chi connectivity index (χ0v) is 12.4. The van der Waals surface area contributed by atoms with Gasteiger partial charge in [-0.1, -0.05) is 25.1 Å². The number of hydrogen-bond donors (Lipinski definition) is 1. The molecule has 1 heterocycles. The molecule has 0 radical (unpaired) electrons. The first-order valence-electron chi connectivity index (χ1n) is 7.01. The van der Waals surface area contributed by atoms with Gasteiger partial charge in [-0.05, 0) is 49.2 Å². The van der Waals surface area contributed by atoms with E-state index in [1.807, 2.05) is 25.3 Å². The van der Waals surface area contributed by atoms with Gasteiger partial charge in [-0.3, -0.25) is 4.98 Å². The number of ether oxygens (including phenoxy) is 1. The Bertz CT molecular complexity index is 520. The van der Waals surface area contributed by atoms with Gasteiger partial charge in [0.1, 0.15) is 5.75 Å². The maximum absolute atomic E-state index is 5.19. The number of likely N-dealkylation sites (N-methyl/N-ethyl adjacent to an activating group) is 1. The minimum atomic E-state index is 0.293. The molecular weight excluding hydrogens is 248 g/mol. The Morgan fingerprint density at radius 1 is 1.15 bits per heavy atom. The summed E-state index contributed by atoms with van der Waals surface area (Å²) in [7, 11) is 1.69. The number of benzene rings is 1. The maximum Gasteiger partial charge on any atom is 0.118 e. The number of hydrogen-bond acceptors (Lipinski definition) is 3. The number of aromatic nitrogens is 1. The molecule has 1 aromatic heterocycles. The van der Waals surface area contributed by atoms with Gasteiger partial charge < -0.3 is 10.1 Å². The van der Waals surface area contributed by atoms with Crippen LogP contribution in [0.1, 0.15) is 29.8 Å². The van der Waals surface area contributed by atoms with Crippen molar-refractivity contribution in [3.8, 4) is 5.75 Å². The fourth-order valence-electron chi connectivity index (χ4n) is 2.24. The predicted molar refractivity (Wildman–Crippen MR) is 82.1 cm³/mol. The summed E-state index contributed by atoms with van der Waals surface area (Å²) >= 11 is 0. The van der Waals surface area contributed by atoms with Gasteiger partial charge in [-0.25, -0.2) is 0 Å². The summed E-state index contributed by atoms with van der Waals surface area (Å²) in [4.78, 5) is 4.39. The summed E-state index contributed by atoms with van der Waals surface area (Å²) < 4.78 is 5.19. The number of nitrogens with one attached hydrogen (secondary N) is 1. The van der Waals surface area contributed by atoms with E-state index in [1.54, 1.807) is 7.11 Å². The second-order valence-corrected chi connectivity index (χ2v) is 4.90. The quantitative estimate of drug-likeness (QED) is 0.874. The zero-order valence-electron chi connectivity index (χ0n) is 12.4. The summed E-state index contributed by atoms with van der Waals surface area (Å²) in [5.41, 5.74) is 3.57. The molecule has 0 bridgehead atoms. The van der Waals surface area contributed by atoms with Crippen molar-refractivity contribution in [3.63, 3.8) is 0 Å². The third-order valence-electron chi connectivity index (χ3n) is 3.39. The van der Waals surface area contributed by atoms with Crippen molar-refractivity contribution < 1.29 is 4.74 Å². The first-order chi connectivity index (χ1) is 9.72. The molecule has 2 rings (SSSR count). The van der Waals surface area contributed by atoms with E-state index in [-0.39, 0.29) is 0 Å². The van der Waals surface area contributed by atoms with Crippen LogP contribution in [-0.2, 0) is 6.42 Å². The van der Waals surface area contributed by atoms with Crippen molar-refractivity contribution in [1.29, 1.82) is 0 Å². The number of pyridine rings is 1. The second-order valence-electron chi connectivity index (χ2n) is 4.90. The van der Waals surface area contributed by atoms with Gasteiger partial charge in [0.25, 0.3) is 0 Å². The largest absolute Gasteiger partial charge is 0.497 e. The van der Waals surface area contributed by atoms with Crippen LogP contribution < -0.4 is 10.1 Å². The van der Waals surface area contributed by atoms with Gasteiger partial charge in [-0.15, -0.1) is 0 Å². The molecule has 1 unspecified atom stereocenters. The molecule has 0 aliphatic heterocycles. The van der Waals surface area contributed by atoms with E-state index < -0.39 is 0 Å². The molecule has 3 heteroatoms. The third-order valence-corrected chi connectivity index (χ3v) is 3.39. The topological polar surface area (TPSA) is 34.1 Å². The molecule has 0 fully saturated rings. The van der Waals surface area contributed by atoms with E-state index in [4.69, 9.17) is 4.74 Å². The summed E-state index contributed by atoms with van der Waals surface area (Å²) in [5, 5.41) is 3.52. The van der Waals surface area contributed by atoms with Gasteiger partial charge in [0.2, 0.25) is 0 Å². The molecule has 20 heavy (non-hydrogen) atoms. The number of methoxy groups -OCH3 is 1. The van der Waals surface area contributed by atoms with Crippen LogP contribution >= 0.6 is 0 Å². The van der Waals surface area contributed by atoms with E-state index in [0.717, 1.165) is 24.4 Å². The SMILES string of the molecule is CCNC(Cc1ccc(OC)cc1)c1ccc(C)nc1. The van der Waals surface area contributed by atoms with E-state index in [2.05, 4.69) is 41.5 Å². The summed E-state index contributed by atoms with van der Waals surface area (Å²) in [6.45, 7) is 5.08. The average Bonchev–Trinajstić information content (AvgIpc) is 2.48. The number of nitrogens with zero attached hydrogens (tertiary/aromatic N) is 1. The van der Waals surface area contributed by atoms with Crippen LogP contribution in [0.3, 0.4) is 0 Å². The van der Waals surface area contributed by atoms with Crippen LogP contribution in [0.15, 0.2) is 42.6 Å². The van der Waals surface area contributed by atoms with Gasteiger partial charge in [0, 0.05) is 17.9 Å². The van der Waals surface area contributed by atoms with Crippen LogP contribution in [0.5, 0.6) is 5.75 Å². The fourth-order valence-corrected chi connectivity index (χ4v) is 2.24. The normalized spacial score (nSPS) is 12.2. The van der Waals surface area contributed by atoms with Crippen molar-refractivity contribution in [1.82, 2.24) is 10.3 Å². The lowest BCUT2D eigenvalue weighted by Crippen LogP contribution is -2.23. The minimum absolute atomic E-state index is 0.293. The average molecular weight is 270 g/mol. The summed E-state index contributed by atoms with van der Waals surface area (Å²) in [5.74, 6) is 0.894. The first kappa shape index (κ1) is 14.5. The predicted octanol–water partition coefficient (Wildman–Crippen LogP) is 3.29. The van der Waals surface area contributed by atoms with E-state index >= 15 is 0 Å². The molecular formula is C17H22N2O. The van der Waals surface area contributed by atoms with Crippen LogP contribution in [0, 0.1) is 6.92 Å². The van der Waals surface area contributed by atoms with Crippen LogP contribution in [-0.4, -0.2) is 18.6 Å². The highest BCUT2D eigenvalue weighted by Gasteiger charge is 2.11. The third kappa shape index (κ3) is 3.81. The van der Waals surface area contributed by atoms with Crippen molar-refractivity contribution >= 4 is 0 Å². The smallest absolute Gasteiger partial charge is 0.118 e. The highest BCUT2D eigenvalue weighted by Crippen LogP contribution is 2.20. The zero-order chi connectivity index (χ0) is 14.4. The molecule has 0 saturated heterocycles. The molecule has 106 valence electrons. The Balaban J connectivity index is 2.13. The second kappa shape index (κ2) is 7.06. The molecule has 2 aromatic rings. The lowest BCUT2D eigenvalue weighted by molar-refractivity contribution is 0.414. The van der Waals surface area contributed by atoms with Gasteiger partial charge in [-0.2, -0.15) is 0 Å². The molecule has 0 spiro atoms. The summed E-state index contributed by atoms with van der Waals surface area (Å²) in [6.07, 6.45) is 2.91. The van der Waals surface area contributed by atoms with Gasteiger partial charge in [0.15, 0.2) is 0 Å². The molecule has 0 aliphatic rings. The Morgan fingerprint density at radius 2 is 1.90 bits per heavy atom. The number of aryl methyl sites for hydroxylation is 1. The molecule has 0 saturated carbocycles. The lowest BCUT2D eigenvalue weighted by Gasteiger charge is -2.18. The Kier molecular flexibility index (Phi) is 5.13. The minimum Gasteiger partial charge on any atom is -0.497 e. The molecule has 1 aromatic carbocycles. The summed E-state index contributed by atoms with van der Waals surface area (Å²) in [6, 6.07) is 12.8. The van der Waals surface area contributed by atoms with Crippen LogP contribution in [0.4, 0.5) is 0 Å². The lowest BCUT2D eigenvalue weighted by atomic mass is 10.00. The molecule has 1 atom stereocenters. The maximum atomic E-state index is 5.19. The molecule has 0 aliphatic carbocycles. The van der Waals surface area contributed by atoms with E-state index in [9.17, 15) is 0 Å². The standard InChI is InChI=1S/C17H22N2O/c1-4-18-17(15-8-5-13(2)19-12-15)11-14-6-9-16(20-3)10-7-14/h5-10,12,17-18H,4,11H2,1-3H3. The van der Waals surface area contributed by atoms with Crippen LogP contribution in [0.2, 0.25) is 0 Å². The Hall–Kier alpha value is -1.87. The molecule has 0 amide bonds. The fraction of sp³-hybridized carbons (Fsp3) is 0.353. The van der Waals surface area contributed by atoms with Crippen molar-refractivity contribution in [2.24, 2.45) is 0 Å². The van der Waals surface area contributed by atoms with Crippen LogP contribution in [0.25, 0.3) is 0 Å². The highest BCUT2D eigenvalue weighted by atomic mass is 16.5. The Morgan fingerprint density at radius 3 is 2.45 bits per heavy atom. The van der Waals surface area contributed by atoms with E-state index in [1.165, 1.54) is 11.1 Å². The Labute approximate surface area is 121 Å². The van der Waals surface area contributed by atoms with Crippen molar-refractivity contribution in [2.45, 2.75) is 26.3 Å². The van der Waals surface area contributed by atoms with E-state index in [0.29, 0.717) is 6.04 Å². The van der Waals surface area contributed by atoms with Gasteiger partial charge in [0.05, 0.1) is 7.11 Å².